The third-order valence-electron chi connectivity index (χ3n) is 11.0. The second-order valence-electron chi connectivity index (χ2n) is 15.0. The molecule has 1 fully saturated rings. The molecule has 0 spiro atoms. The number of anilines is 1. The maximum atomic E-state index is 6.93. The molecule has 5 aromatic carbocycles. The molecular weight excluding hydrogens is 670 g/mol. The van der Waals surface area contributed by atoms with E-state index >= 15 is 0 Å². The van der Waals surface area contributed by atoms with Crippen LogP contribution in [0.3, 0.4) is 0 Å². The summed E-state index contributed by atoms with van der Waals surface area (Å²) < 4.78 is 6.93. The molecule has 1 saturated heterocycles. The summed E-state index contributed by atoms with van der Waals surface area (Å²) in [5.74, 6) is 2.62. The maximum Gasteiger partial charge on any atom is 0.164 e. The summed E-state index contributed by atoms with van der Waals surface area (Å²) in [5, 5.41) is 4.72. The summed E-state index contributed by atoms with van der Waals surface area (Å²) in [6.45, 7) is 10.1. The van der Waals surface area contributed by atoms with Gasteiger partial charge in [-0.15, -0.1) is 0 Å². The Hall–Kier alpha value is -5.71. The second kappa shape index (κ2) is 13.1. The number of pyridine rings is 1. The average molecular weight is 710 g/mol. The SMILES string of the molecule is CC1(C)CP(Oc2cc(-c3ccc4ccc5c(c4n3)NCC=C5)cc(-c3nc(-c4ccccc4)nc(-c4ccc(-c5ccccc5)cc4)n3)c2)C1(C)C. The van der Waals surface area contributed by atoms with Crippen LogP contribution in [0.2, 0.25) is 0 Å². The first kappa shape index (κ1) is 33.1. The van der Waals surface area contributed by atoms with Crippen molar-refractivity contribution in [3.8, 4) is 62.3 Å². The summed E-state index contributed by atoms with van der Waals surface area (Å²) in [6.07, 6.45) is 5.34. The molecule has 0 aliphatic carbocycles. The first-order valence-electron chi connectivity index (χ1n) is 18.1. The van der Waals surface area contributed by atoms with E-state index in [1.54, 1.807) is 0 Å². The molecule has 0 saturated carbocycles. The minimum absolute atomic E-state index is 0.0741. The van der Waals surface area contributed by atoms with Crippen LogP contribution < -0.4 is 9.84 Å². The molecule has 0 radical (unpaired) electrons. The van der Waals surface area contributed by atoms with Crippen molar-refractivity contribution in [1.82, 2.24) is 19.9 Å². The van der Waals surface area contributed by atoms with Crippen LogP contribution in [0.5, 0.6) is 5.75 Å². The van der Waals surface area contributed by atoms with E-state index in [9.17, 15) is 0 Å². The van der Waals surface area contributed by atoms with Gasteiger partial charge in [-0.25, -0.2) is 19.9 Å². The molecule has 1 unspecified atom stereocenters. The van der Waals surface area contributed by atoms with Gasteiger partial charge in [0.05, 0.1) is 25.0 Å². The zero-order valence-corrected chi connectivity index (χ0v) is 31.2. The molecule has 7 aromatic rings. The van der Waals surface area contributed by atoms with Gasteiger partial charge in [-0.05, 0) is 46.4 Å². The van der Waals surface area contributed by atoms with Crippen molar-refractivity contribution in [3.05, 3.63) is 139 Å². The van der Waals surface area contributed by atoms with Gasteiger partial charge in [0, 0.05) is 45.5 Å². The van der Waals surface area contributed by atoms with E-state index in [1.807, 2.05) is 36.4 Å². The Morgan fingerprint density at radius 2 is 1.17 bits per heavy atom. The third-order valence-corrected chi connectivity index (χ3v) is 14.4. The maximum absolute atomic E-state index is 6.93. The summed E-state index contributed by atoms with van der Waals surface area (Å²) in [4.78, 5) is 20.5. The van der Waals surface area contributed by atoms with Gasteiger partial charge in [-0.3, -0.25) is 0 Å². The van der Waals surface area contributed by atoms with Crippen LogP contribution >= 0.6 is 8.15 Å². The van der Waals surface area contributed by atoms with Crippen molar-refractivity contribution in [2.75, 3.05) is 18.0 Å². The number of fused-ring (bicyclic) bond motifs is 3. The molecule has 2 aromatic heterocycles. The molecule has 9 rings (SSSR count). The highest BCUT2D eigenvalue weighted by atomic mass is 31.1. The van der Waals surface area contributed by atoms with E-state index in [4.69, 9.17) is 24.5 Å². The fourth-order valence-corrected chi connectivity index (χ4v) is 9.67. The van der Waals surface area contributed by atoms with E-state index in [0.29, 0.717) is 17.5 Å². The van der Waals surface area contributed by atoms with Gasteiger partial charge in [0.25, 0.3) is 0 Å². The summed E-state index contributed by atoms with van der Waals surface area (Å²) >= 11 is 0. The van der Waals surface area contributed by atoms with E-state index < -0.39 is 8.15 Å². The van der Waals surface area contributed by atoms with E-state index in [1.165, 1.54) is 5.56 Å². The quantitative estimate of drug-likeness (QED) is 0.166. The largest absolute Gasteiger partial charge is 0.473 e. The fraction of sp³-hybridized carbons (Fsp3) is 0.174. The normalized spacial score (nSPS) is 16.7. The molecule has 1 atom stereocenters. The molecular formula is C46H40N5OP. The number of aromatic nitrogens is 4. The van der Waals surface area contributed by atoms with Crippen LogP contribution in [-0.2, 0) is 0 Å². The van der Waals surface area contributed by atoms with Crippen molar-refractivity contribution >= 4 is 30.8 Å². The lowest BCUT2D eigenvalue weighted by molar-refractivity contribution is 0.253. The van der Waals surface area contributed by atoms with Crippen molar-refractivity contribution in [2.24, 2.45) is 5.41 Å². The lowest BCUT2D eigenvalue weighted by Gasteiger charge is -2.57. The Balaban J connectivity index is 1.19. The minimum atomic E-state index is -0.701. The van der Waals surface area contributed by atoms with Crippen LogP contribution in [0.15, 0.2) is 133 Å². The first-order chi connectivity index (χ1) is 25.7. The van der Waals surface area contributed by atoms with Crippen LogP contribution in [0.1, 0.15) is 33.3 Å². The smallest absolute Gasteiger partial charge is 0.164 e. The highest BCUT2D eigenvalue weighted by Crippen LogP contribution is 2.70. The molecule has 0 amide bonds. The minimum Gasteiger partial charge on any atom is -0.473 e. The molecule has 1 N–H and O–H groups in total. The molecule has 6 nitrogen and oxygen atoms in total. The molecule has 260 valence electrons. The van der Waals surface area contributed by atoms with Gasteiger partial charge in [0.1, 0.15) is 5.75 Å². The Labute approximate surface area is 311 Å². The standard InChI is InChI=1S/C46H40N5OP/c1-45(2)29-53(46(45,3)4)52-38-27-36(39-24-23-33-20-19-32-16-11-25-47-40(32)41(33)48-39)26-37(28-38)44-50-42(34-14-9-6-10-15-34)49-43(51-44)35-21-17-31(18-22-35)30-12-7-5-8-13-30/h5-24,26-28,47H,25,29H2,1-4H3. The van der Waals surface area contributed by atoms with Crippen LogP contribution in [0.4, 0.5) is 5.69 Å². The molecule has 7 heteroatoms. The average Bonchev–Trinajstić information content (AvgIpc) is 3.21. The van der Waals surface area contributed by atoms with Gasteiger partial charge in [-0.2, -0.15) is 0 Å². The highest BCUT2D eigenvalue weighted by Gasteiger charge is 2.56. The van der Waals surface area contributed by atoms with Crippen molar-refractivity contribution < 1.29 is 4.52 Å². The summed E-state index contributed by atoms with van der Waals surface area (Å²) in [5.41, 5.74) is 10.2. The number of hydrogen-bond acceptors (Lipinski definition) is 6. The number of hydrogen-bond donors (Lipinski definition) is 1. The number of rotatable bonds is 7. The third kappa shape index (κ3) is 6.17. The second-order valence-corrected chi connectivity index (χ2v) is 17.4. The monoisotopic (exact) mass is 709 g/mol. The van der Waals surface area contributed by atoms with E-state index in [0.717, 1.165) is 74.1 Å². The van der Waals surface area contributed by atoms with Crippen molar-refractivity contribution in [3.63, 3.8) is 0 Å². The Kier molecular flexibility index (Phi) is 8.16. The van der Waals surface area contributed by atoms with Crippen molar-refractivity contribution in [2.45, 2.75) is 32.9 Å². The number of nitrogens with one attached hydrogen (secondary N) is 1. The van der Waals surface area contributed by atoms with Crippen LogP contribution in [0, 0.1) is 5.41 Å². The number of nitrogens with zero attached hydrogens (tertiary/aromatic N) is 4. The van der Waals surface area contributed by atoms with Crippen molar-refractivity contribution in [1.29, 1.82) is 0 Å². The molecule has 4 heterocycles. The van der Waals surface area contributed by atoms with E-state index in [-0.39, 0.29) is 10.6 Å². The predicted octanol–water partition coefficient (Wildman–Crippen LogP) is 11.8. The lowest BCUT2D eigenvalue weighted by atomic mass is 9.81. The Bertz CT molecular complexity index is 2510. The van der Waals surface area contributed by atoms with Crippen LogP contribution in [-0.4, -0.2) is 37.8 Å². The molecule has 2 aliphatic rings. The fourth-order valence-electron chi connectivity index (χ4n) is 7.03. The van der Waals surface area contributed by atoms with Gasteiger partial charge in [0.2, 0.25) is 0 Å². The number of benzene rings is 5. The van der Waals surface area contributed by atoms with Gasteiger partial charge in [-0.1, -0.05) is 143 Å². The summed E-state index contributed by atoms with van der Waals surface area (Å²) in [6, 6.07) is 43.8. The highest BCUT2D eigenvalue weighted by molar-refractivity contribution is 7.56. The zero-order valence-electron chi connectivity index (χ0n) is 30.3. The molecule has 2 aliphatic heterocycles. The predicted molar refractivity (Wildman–Crippen MR) is 220 cm³/mol. The molecule has 53 heavy (non-hydrogen) atoms. The molecule has 0 bridgehead atoms. The van der Waals surface area contributed by atoms with Gasteiger partial charge >= 0.3 is 0 Å². The summed E-state index contributed by atoms with van der Waals surface area (Å²) in [7, 11) is -0.701. The Morgan fingerprint density at radius 1 is 0.585 bits per heavy atom. The van der Waals surface area contributed by atoms with Crippen LogP contribution in [0.25, 0.3) is 73.5 Å². The van der Waals surface area contributed by atoms with E-state index in [2.05, 4.69) is 136 Å². The lowest BCUT2D eigenvalue weighted by Crippen LogP contribution is -2.51. The Morgan fingerprint density at radius 3 is 1.85 bits per heavy atom. The first-order valence-corrected chi connectivity index (χ1v) is 19.6. The van der Waals surface area contributed by atoms with Gasteiger partial charge in [0.15, 0.2) is 17.5 Å². The van der Waals surface area contributed by atoms with Gasteiger partial charge < -0.3 is 9.84 Å². The topological polar surface area (TPSA) is 72.8 Å². The zero-order chi connectivity index (χ0) is 36.2.